The Morgan fingerprint density at radius 2 is 1.79 bits per heavy atom. The van der Waals surface area contributed by atoms with Crippen molar-refractivity contribution in [3.63, 3.8) is 0 Å². The second kappa shape index (κ2) is 7.75. The lowest BCUT2D eigenvalue weighted by atomic mass is 10.1. The van der Waals surface area contributed by atoms with Gasteiger partial charge in [-0.2, -0.15) is 5.10 Å². The third-order valence-electron chi connectivity index (χ3n) is 5.28. The van der Waals surface area contributed by atoms with Gasteiger partial charge in [0, 0.05) is 42.8 Å². The van der Waals surface area contributed by atoms with Gasteiger partial charge in [0.25, 0.3) is 0 Å². The van der Waals surface area contributed by atoms with Crippen LogP contribution in [0.5, 0.6) is 0 Å². The molecule has 0 unspecified atom stereocenters. The van der Waals surface area contributed by atoms with Crippen LogP contribution in [0, 0.1) is 20.8 Å². The first-order valence-electron chi connectivity index (χ1n) is 9.58. The van der Waals surface area contributed by atoms with Crippen LogP contribution in [0.3, 0.4) is 0 Å². The Morgan fingerprint density at radius 1 is 1.07 bits per heavy atom. The van der Waals surface area contributed by atoms with Crippen LogP contribution in [0.15, 0.2) is 35.7 Å². The average Bonchev–Trinajstić information content (AvgIpc) is 3.27. The molecule has 0 aliphatic carbocycles. The summed E-state index contributed by atoms with van der Waals surface area (Å²) in [5, 5.41) is 7.79. The second-order valence-electron chi connectivity index (χ2n) is 7.21. The number of carbonyl (C=O) groups is 1. The standard InChI is InChI=1S/C21H25N5OS/c1-15-14-28-21(22-15)25-11-9-24(10-12-25)20(27)13-19-16(2)23-26(17(19)3)18-7-5-4-6-8-18/h4-8,14H,9-13H2,1-3H3. The van der Waals surface area contributed by atoms with E-state index in [9.17, 15) is 4.79 Å². The van der Waals surface area contributed by atoms with E-state index < -0.39 is 0 Å². The Hall–Kier alpha value is -2.67. The molecular weight excluding hydrogens is 370 g/mol. The van der Waals surface area contributed by atoms with Gasteiger partial charge in [0.05, 0.1) is 23.5 Å². The number of aryl methyl sites for hydroxylation is 2. The zero-order chi connectivity index (χ0) is 19.7. The summed E-state index contributed by atoms with van der Waals surface area (Å²) in [5.41, 5.74) is 5.07. The van der Waals surface area contributed by atoms with Crippen molar-refractivity contribution >= 4 is 22.4 Å². The molecule has 0 saturated carbocycles. The Morgan fingerprint density at radius 3 is 2.43 bits per heavy atom. The molecular formula is C21H25N5OS. The minimum Gasteiger partial charge on any atom is -0.345 e. The van der Waals surface area contributed by atoms with Gasteiger partial charge in [-0.3, -0.25) is 4.79 Å². The fourth-order valence-corrected chi connectivity index (χ4v) is 4.51. The first kappa shape index (κ1) is 18.7. The zero-order valence-corrected chi connectivity index (χ0v) is 17.4. The number of para-hydroxylation sites is 1. The third-order valence-corrected chi connectivity index (χ3v) is 6.30. The molecule has 3 aromatic rings. The van der Waals surface area contributed by atoms with E-state index >= 15 is 0 Å². The van der Waals surface area contributed by atoms with Crippen LogP contribution >= 0.6 is 11.3 Å². The third kappa shape index (κ3) is 3.67. The molecule has 0 N–H and O–H groups in total. The van der Waals surface area contributed by atoms with Crippen molar-refractivity contribution in [3.05, 3.63) is 58.4 Å². The predicted octanol–water partition coefficient (Wildman–Crippen LogP) is 3.15. The van der Waals surface area contributed by atoms with Crippen LogP contribution in [0.1, 0.15) is 22.6 Å². The summed E-state index contributed by atoms with van der Waals surface area (Å²) in [6.45, 7) is 9.18. The van der Waals surface area contributed by atoms with Crippen molar-refractivity contribution < 1.29 is 4.79 Å². The maximum atomic E-state index is 12.9. The number of nitrogens with zero attached hydrogens (tertiary/aromatic N) is 5. The molecule has 1 fully saturated rings. The molecule has 0 atom stereocenters. The molecule has 7 heteroatoms. The van der Waals surface area contributed by atoms with E-state index in [1.807, 2.05) is 60.7 Å². The summed E-state index contributed by atoms with van der Waals surface area (Å²) in [5.74, 6) is 0.175. The summed E-state index contributed by atoms with van der Waals surface area (Å²) >= 11 is 1.67. The lowest BCUT2D eigenvalue weighted by Crippen LogP contribution is -2.49. The smallest absolute Gasteiger partial charge is 0.227 e. The minimum atomic E-state index is 0.175. The van der Waals surface area contributed by atoms with E-state index in [0.717, 1.165) is 59.6 Å². The number of amides is 1. The van der Waals surface area contributed by atoms with Crippen molar-refractivity contribution in [2.24, 2.45) is 0 Å². The van der Waals surface area contributed by atoms with Crippen LogP contribution in [-0.4, -0.2) is 51.8 Å². The van der Waals surface area contributed by atoms with E-state index in [0.29, 0.717) is 6.42 Å². The summed E-state index contributed by atoms with van der Waals surface area (Å²) in [6.07, 6.45) is 0.404. The Labute approximate surface area is 169 Å². The molecule has 28 heavy (non-hydrogen) atoms. The van der Waals surface area contributed by atoms with Crippen molar-refractivity contribution in [2.75, 3.05) is 31.1 Å². The first-order chi connectivity index (χ1) is 13.5. The fraction of sp³-hybridized carbons (Fsp3) is 0.381. The van der Waals surface area contributed by atoms with Crippen LogP contribution in [0.4, 0.5) is 5.13 Å². The number of hydrogen-bond donors (Lipinski definition) is 0. The number of benzene rings is 1. The Bertz CT molecular complexity index is 970. The highest BCUT2D eigenvalue weighted by molar-refractivity contribution is 7.13. The summed E-state index contributed by atoms with van der Waals surface area (Å²) in [7, 11) is 0. The van der Waals surface area contributed by atoms with E-state index in [1.165, 1.54) is 0 Å². The molecule has 0 spiro atoms. The van der Waals surface area contributed by atoms with Crippen molar-refractivity contribution in [1.29, 1.82) is 0 Å². The molecule has 0 bridgehead atoms. The van der Waals surface area contributed by atoms with E-state index in [-0.39, 0.29) is 5.91 Å². The van der Waals surface area contributed by atoms with Gasteiger partial charge >= 0.3 is 0 Å². The van der Waals surface area contributed by atoms with Crippen LogP contribution in [-0.2, 0) is 11.2 Å². The minimum absolute atomic E-state index is 0.175. The lowest BCUT2D eigenvalue weighted by Gasteiger charge is -2.34. The number of hydrogen-bond acceptors (Lipinski definition) is 5. The second-order valence-corrected chi connectivity index (χ2v) is 8.05. The van der Waals surface area contributed by atoms with Gasteiger partial charge < -0.3 is 9.80 Å². The molecule has 1 aromatic carbocycles. The number of piperazine rings is 1. The number of thiazole rings is 1. The van der Waals surface area contributed by atoms with Gasteiger partial charge in [-0.05, 0) is 32.9 Å². The highest BCUT2D eigenvalue weighted by atomic mass is 32.1. The van der Waals surface area contributed by atoms with E-state index in [4.69, 9.17) is 0 Å². The molecule has 4 rings (SSSR count). The maximum Gasteiger partial charge on any atom is 0.227 e. The van der Waals surface area contributed by atoms with Crippen LogP contribution in [0.2, 0.25) is 0 Å². The summed E-state index contributed by atoms with van der Waals surface area (Å²) in [4.78, 5) is 21.7. The molecule has 1 saturated heterocycles. The van der Waals surface area contributed by atoms with Gasteiger partial charge in [0.15, 0.2) is 5.13 Å². The molecule has 1 aliphatic rings. The van der Waals surface area contributed by atoms with E-state index in [2.05, 4.69) is 20.4 Å². The van der Waals surface area contributed by atoms with Crippen molar-refractivity contribution in [1.82, 2.24) is 19.7 Å². The number of anilines is 1. The average molecular weight is 396 g/mol. The van der Waals surface area contributed by atoms with Gasteiger partial charge in [0.1, 0.15) is 0 Å². The Kier molecular flexibility index (Phi) is 5.17. The SMILES string of the molecule is Cc1csc(N2CCN(C(=O)Cc3c(C)nn(-c4ccccc4)c3C)CC2)n1. The molecule has 146 valence electrons. The topological polar surface area (TPSA) is 54.3 Å². The number of rotatable bonds is 4. The zero-order valence-electron chi connectivity index (χ0n) is 16.6. The molecule has 1 amide bonds. The monoisotopic (exact) mass is 395 g/mol. The number of carbonyl (C=O) groups excluding carboxylic acids is 1. The lowest BCUT2D eigenvalue weighted by molar-refractivity contribution is -0.130. The quantitative estimate of drug-likeness (QED) is 0.681. The summed E-state index contributed by atoms with van der Waals surface area (Å²) in [6, 6.07) is 10.1. The first-order valence-corrected chi connectivity index (χ1v) is 10.5. The van der Waals surface area contributed by atoms with Gasteiger partial charge in [0.2, 0.25) is 5.91 Å². The van der Waals surface area contributed by atoms with Crippen molar-refractivity contribution in [2.45, 2.75) is 27.2 Å². The highest BCUT2D eigenvalue weighted by Crippen LogP contribution is 2.23. The van der Waals surface area contributed by atoms with Gasteiger partial charge in [-0.15, -0.1) is 11.3 Å². The van der Waals surface area contributed by atoms with E-state index in [1.54, 1.807) is 11.3 Å². The molecule has 1 aliphatic heterocycles. The van der Waals surface area contributed by atoms with Crippen molar-refractivity contribution in [3.8, 4) is 5.69 Å². The molecule has 3 heterocycles. The molecule has 0 radical (unpaired) electrons. The summed E-state index contributed by atoms with van der Waals surface area (Å²) < 4.78 is 1.93. The molecule has 2 aromatic heterocycles. The normalized spacial score (nSPS) is 14.5. The molecule has 6 nitrogen and oxygen atoms in total. The van der Waals surface area contributed by atoms with Gasteiger partial charge in [-0.25, -0.2) is 9.67 Å². The van der Waals surface area contributed by atoms with Crippen LogP contribution < -0.4 is 4.90 Å². The maximum absolute atomic E-state index is 12.9. The fourth-order valence-electron chi connectivity index (χ4n) is 3.65. The Balaban J connectivity index is 1.43. The largest absolute Gasteiger partial charge is 0.345 e. The van der Waals surface area contributed by atoms with Gasteiger partial charge in [-0.1, -0.05) is 18.2 Å². The number of aromatic nitrogens is 3. The predicted molar refractivity (Wildman–Crippen MR) is 112 cm³/mol. The highest BCUT2D eigenvalue weighted by Gasteiger charge is 2.24. The van der Waals surface area contributed by atoms with Crippen LogP contribution in [0.25, 0.3) is 5.69 Å².